The number of fused-ring (bicyclic) bond motifs is 1. The molecule has 2 aromatic rings. The molecule has 5 amide bonds. The number of urea groups is 1. The van der Waals surface area contributed by atoms with Crippen molar-refractivity contribution in [1.29, 1.82) is 0 Å². The molecular weight excluding hydrogens is 645 g/mol. The molecule has 2 aromatic carbocycles. The number of carboxylic acid groups (broad SMARTS) is 1. The molecule has 0 spiro atoms. The van der Waals surface area contributed by atoms with Crippen LogP contribution >= 0.6 is 0 Å². The molecule has 0 radical (unpaired) electrons. The summed E-state index contributed by atoms with van der Waals surface area (Å²) in [6.07, 6.45) is 5.53. The number of aliphatic carboxylic acids is 1. The number of likely N-dealkylation sites (tertiary alicyclic amines) is 1. The molecule has 5 rings (SSSR count). The first-order valence-corrected chi connectivity index (χ1v) is 17.1. The number of anilines is 1. The molecule has 1 saturated carbocycles. The third kappa shape index (κ3) is 11.6. The molecule has 13 heteroatoms. The SMILES string of the molecule is C=C[C@H](C)C(NC(=O)[C@@H]1CCCN1C(=O)CNC(=O)OC1CCCC1)C(=O)O.CC(C)C.O=C1NCc2cccc(-c3ccccc3F)c2N1. The number of rotatable bonds is 9. The smallest absolute Gasteiger partial charge is 0.407 e. The number of carboxylic acids is 1. The second-order valence-corrected chi connectivity index (χ2v) is 13.2. The van der Waals surface area contributed by atoms with Crippen molar-refractivity contribution in [2.75, 3.05) is 18.4 Å². The quantitative estimate of drug-likeness (QED) is 0.206. The van der Waals surface area contributed by atoms with Crippen LogP contribution in [0.2, 0.25) is 0 Å². The number of halogens is 1. The highest BCUT2D eigenvalue weighted by Gasteiger charge is 2.36. The van der Waals surface area contributed by atoms with E-state index in [1.54, 1.807) is 25.1 Å². The highest BCUT2D eigenvalue weighted by atomic mass is 19.1. The summed E-state index contributed by atoms with van der Waals surface area (Å²) in [5.74, 6) is -1.99. The monoisotopic (exact) mass is 695 g/mol. The maximum absolute atomic E-state index is 13.8. The van der Waals surface area contributed by atoms with Gasteiger partial charge in [-0.3, -0.25) is 9.59 Å². The molecule has 0 aromatic heterocycles. The molecule has 0 bridgehead atoms. The van der Waals surface area contributed by atoms with Crippen LogP contribution in [0.5, 0.6) is 0 Å². The van der Waals surface area contributed by atoms with Crippen LogP contribution < -0.4 is 21.3 Å². The van der Waals surface area contributed by atoms with Crippen LogP contribution in [-0.2, 0) is 25.7 Å². The second kappa shape index (κ2) is 19.3. The van der Waals surface area contributed by atoms with Crippen LogP contribution in [0.15, 0.2) is 55.1 Å². The van der Waals surface area contributed by atoms with E-state index >= 15 is 0 Å². The Morgan fingerprint density at radius 2 is 1.68 bits per heavy atom. The van der Waals surface area contributed by atoms with Crippen molar-refractivity contribution in [3.8, 4) is 11.1 Å². The number of para-hydroxylation sites is 1. The van der Waals surface area contributed by atoms with Gasteiger partial charge >= 0.3 is 18.1 Å². The van der Waals surface area contributed by atoms with Crippen molar-refractivity contribution >= 4 is 35.6 Å². The van der Waals surface area contributed by atoms with Crippen LogP contribution in [-0.4, -0.2) is 71.2 Å². The van der Waals surface area contributed by atoms with Gasteiger partial charge in [0.2, 0.25) is 11.8 Å². The summed E-state index contributed by atoms with van der Waals surface area (Å²) in [7, 11) is 0. The summed E-state index contributed by atoms with van der Waals surface area (Å²) in [4.78, 5) is 60.9. The summed E-state index contributed by atoms with van der Waals surface area (Å²) in [5.41, 5.74) is 2.85. The second-order valence-electron chi connectivity index (χ2n) is 13.2. The lowest BCUT2D eigenvalue weighted by molar-refractivity contribution is -0.144. The molecule has 2 aliphatic heterocycles. The van der Waals surface area contributed by atoms with E-state index in [1.807, 2.05) is 18.2 Å². The summed E-state index contributed by atoms with van der Waals surface area (Å²) < 4.78 is 19.1. The molecule has 12 nitrogen and oxygen atoms in total. The molecule has 2 heterocycles. The fourth-order valence-electron chi connectivity index (χ4n) is 5.72. The molecule has 50 heavy (non-hydrogen) atoms. The van der Waals surface area contributed by atoms with E-state index in [9.17, 15) is 33.5 Å². The van der Waals surface area contributed by atoms with E-state index in [-0.39, 0.29) is 24.5 Å². The van der Waals surface area contributed by atoms with E-state index in [0.717, 1.165) is 37.2 Å². The van der Waals surface area contributed by atoms with Gasteiger partial charge < -0.3 is 36.0 Å². The largest absolute Gasteiger partial charge is 0.480 e. The minimum absolute atomic E-state index is 0.0970. The first-order chi connectivity index (χ1) is 23.8. The molecule has 1 saturated heterocycles. The predicted octanol–water partition coefficient (Wildman–Crippen LogP) is 5.83. The number of hydrogen-bond donors (Lipinski definition) is 5. The molecule has 5 N–H and O–H groups in total. The zero-order valence-corrected chi connectivity index (χ0v) is 29.3. The van der Waals surface area contributed by atoms with E-state index in [2.05, 4.69) is 48.6 Å². The van der Waals surface area contributed by atoms with Crippen molar-refractivity contribution < 1.29 is 38.2 Å². The van der Waals surface area contributed by atoms with Gasteiger partial charge in [-0.25, -0.2) is 18.8 Å². The first-order valence-electron chi connectivity index (χ1n) is 17.1. The van der Waals surface area contributed by atoms with Gasteiger partial charge in [-0.1, -0.05) is 70.2 Å². The molecule has 3 aliphatic rings. The van der Waals surface area contributed by atoms with Crippen LogP contribution in [0.1, 0.15) is 71.8 Å². The fraction of sp³-hybridized carbons (Fsp3) is 0.486. The van der Waals surface area contributed by atoms with Crippen molar-refractivity contribution in [2.45, 2.75) is 91.0 Å². The van der Waals surface area contributed by atoms with Gasteiger partial charge in [0.25, 0.3) is 0 Å². The van der Waals surface area contributed by atoms with E-state index in [0.29, 0.717) is 42.7 Å². The Bertz CT molecular complexity index is 1510. The van der Waals surface area contributed by atoms with Crippen molar-refractivity contribution in [3.05, 3.63) is 66.5 Å². The molecule has 272 valence electrons. The summed E-state index contributed by atoms with van der Waals surface area (Å²) >= 11 is 0. The normalized spacial score (nSPS) is 17.7. The van der Waals surface area contributed by atoms with Gasteiger partial charge in [-0.15, -0.1) is 6.58 Å². The molecular formula is C37H50FN5O7. The minimum Gasteiger partial charge on any atom is -0.480 e. The van der Waals surface area contributed by atoms with Gasteiger partial charge in [0.15, 0.2) is 0 Å². The Kier molecular flexibility index (Phi) is 15.2. The highest BCUT2D eigenvalue weighted by molar-refractivity contribution is 5.97. The number of benzene rings is 2. The van der Waals surface area contributed by atoms with E-state index in [4.69, 9.17) is 4.74 Å². The number of amides is 5. The fourth-order valence-corrected chi connectivity index (χ4v) is 5.72. The third-order valence-electron chi connectivity index (χ3n) is 8.29. The molecule has 3 atom stereocenters. The topological polar surface area (TPSA) is 166 Å². The zero-order valence-electron chi connectivity index (χ0n) is 29.3. The van der Waals surface area contributed by atoms with Crippen LogP contribution in [0.4, 0.5) is 19.7 Å². The lowest BCUT2D eigenvalue weighted by atomic mass is 9.98. The number of carbonyl (C=O) groups is 5. The molecule has 1 unspecified atom stereocenters. The van der Waals surface area contributed by atoms with Crippen molar-refractivity contribution in [3.63, 3.8) is 0 Å². The Morgan fingerprint density at radius 1 is 1.02 bits per heavy atom. The Hall–Kier alpha value is -4.94. The predicted molar refractivity (Wildman–Crippen MR) is 189 cm³/mol. The summed E-state index contributed by atoms with van der Waals surface area (Å²) in [6, 6.07) is 10.0. The maximum Gasteiger partial charge on any atom is 0.407 e. The molecule has 2 fully saturated rings. The standard InChI is InChI=1S/C19H29N3O6.C14H11FN2O.C4H10/c1-3-12(2)16(18(25)26)21-17(24)14-9-6-10-22(14)15(23)11-20-19(27)28-13-7-4-5-8-13;15-12-7-2-1-5-10(12)11-6-3-4-9-8-16-14(18)17-13(9)11;1-4(2)3/h3,12-14,16H,1,4-11H2,2H3,(H,20,27)(H,21,24)(H,25,26);1-7H,8H2,(H2,16,17,18);4H,1-3H3/t12-,14-,16?;;/m0../s1. The highest BCUT2D eigenvalue weighted by Crippen LogP contribution is 2.34. The maximum atomic E-state index is 13.8. The number of ether oxygens (including phenoxy) is 1. The van der Waals surface area contributed by atoms with E-state index < -0.39 is 41.9 Å². The third-order valence-corrected chi connectivity index (χ3v) is 8.29. The summed E-state index contributed by atoms with van der Waals surface area (Å²) in [5, 5.41) is 19.7. The van der Waals surface area contributed by atoms with Crippen molar-refractivity contribution in [2.24, 2.45) is 11.8 Å². The Balaban J connectivity index is 0.000000261. The van der Waals surface area contributed by atoms with Gasteiger partial charge in [-0.2, -0.15) is 0 Å². The number of alkyl carbamates (subject to hydrolysis) is 1. The van der Waals surface area contributed by atoms with Crippen LogP contribution in [0.3, 0.4) is 0 Å². The van der Waals surface area contributed by atoms with Gasteiger partial charge in [0.05, 0.1) is 5.69 Å². The van der Waals surface area contributed by atoms with Gasteiger partial charge in [0, 0.05) is 30.1 Å². The van der Waals surface area contributed by atoms with Crippen LogP contribution in [0.25, 0.3) is 11.1 Å². The van der Waals surface area contributed by atoms with Crippen molar-refractivity contribution in [1.82, 2.24) is 20.9 Å². The van der Waals surface area contributed by atoms with Gasteiger partial charge in [-0.05, 0) is 56.1 Å². The van der Waals surface area contributed by atoms with Crippen LogP contribution in [0, 0.1) is 17.7 Å². The minimum atomic E-state index is -1.16. The Labute approximate surface area is 293 Å². The lowest BCUT2D eigenvalue weighted by Gasteiger charge is -2.26. The Morgan fingerprint density at radius 3 is 2.32 bits per heavy atom. The summed E-state index contributed by atoms with van der Waals surface area (Å²) in [6.45, 7) is 12.3. The van der Waals surface area contributed by atoms with E-state index in [1.165, 1.54) is 17.0 Å². The molecule has 1 aliphatic carbocycles. The van der Waals surface area contributed by atoms with Gasteiger partial charge in [0.1, 0.15) is 30.5 Å². The average Bonchev–Trinajstić information content (AvgIpc) is 3.79. The zero-order chi connectivity index (χ0) is 36.8. The number of nitrogens with zero attached hydrogens (tertiary/aromatic N) is 1. The number of carbonyl (C=O) groups excluding carboxylic acids is 4. The average molecular weight is 696 g/mol. The number of hydrogen-bond acceptors (Lipinski definition) is 6. The first kappa shape index (κ1) is 39.5. The number of nitrogens with one attached hydrogen (secondary N) is 4. The lowest BCUT2D eigenvalue weighted by Crippen LogP contribution is -2.53.